The fourth-order valence-electron chi connectivity index (χ4n) is 1.36. The number of nitrogens with zero attached hydrogens (tertiary/aromatic N) is 1. The van der Waals surface area contributed by atoms with E-state index >= 15 is 0 Å². The minimum absolute atomic E-state index is 0.0896. The lowest BCUT2D eigenvalue weighted by atomic mass is 10.2. The van der Waals surface area contributed by atoms with Crippen molar-refractivity contribution in [2.75, 3.05) is 32.8 Å². The van der Waals surface area contributed by atoms with Crippen LogP contribution in [0.3, 0.4) is 0 Å². The molecule has 0 aromatic rings. The summed E-state index contributed by atoms with van der Waals surface area (Å²) in [5.41, 5.74) is 2.12. The van der Waals surface area contributed by atoms with E-state index in [1.165, 1.54) is 0 Å². The zero-order chi connectivity index (χ0) is 9.52. The molecule has 0 bridgehead atoms. The molecule has 0 aliphatic carbocycles. The summed E-state index contributed by atoms with van der Waals surface area (Å²) in [6.07, 6.45) is 1.37. The van der Waals surface area contributed by atoms with Gasteiger partial charge in [0.05, 0.1) is 13.2 Å². The number of hydrazine groups is 1. The molecule has 1 rings (SSSR count). The van der Waals surface area contributed by atoms with Crippen LogP contribution >= 0.6 is 0 Å². The van der Waals surface area contributed by atoms with Crippen LogP contribution < -0.4 is 11.3 Å². The molecule has 5 heteroatoms. The van der Waals surface area contributed by atoms with Crippen LogP contribution in [0.1, 0.15) is 12.8 Å². The van der Waals surface area contributed by atoms with Gasteiger partial charge in [0.1, 0.15) is 0 Å². The van der Waals surface area contributed by atoms with Crippen LogP contribution in [0.25, 0.3) is 0 Å². The Bertz CT molecular complexity index is 157. The van der Waals surface area contributed by atoms with Crippen LogP contribution in [-0.4, -0.2) is 43.7 Å². The highest BCUT2D eigenvalue weighted by atomic mass is 16.5. The topological polar surface area (TPSA) is 67.6 Å². The Hall–Kier alpha value is -0.650. The van der Waals surface area contributed by atoms with Gasteiger partial charge in [0.2, 0.25) is 5.91 Å². The maximum atomic E-state index is 10.8. The molecule has 0 radical (unpaired) electrons. The van der Waals surface area contributed by atoms with Gasteiger partial charge >= 0.3 is 0 Å². The molecule has 76 valence electrons. The summed E-state index contributed by atoms with van der Waals surface area (Å²) < 4.78 is 5.21. The highest BCUT2D eigenvalue weighted by Gasteiger charge is 2.09. The van der Waals surface area contributed by atoms with E-state index in [-0.39, 0.29) is 5.91 Å². The zero-order valence-electron chi connectivity index (χ0n) is 7.79. The number of hydrogen-bond acceptors (Lipinski definition) is 4. The van der Waals surface area contributed by atoms with Crippen molar-refractivity contribution in [3.8, 4) is 0 Å². The molecule has 13 heavy (non-hydrogen) atoms. The number of carbonyl (C=O) groups is 1. The molecular formula is C8H17N3O2. The van der Waals surface area contributed by atoms with E-state index in [2.05, 4.69) is 10.3 Å². The molecule has 0 atom stereocenters. The number of nitrogens with one attached hydrogen (secondary N) is 1. The van der Waals surface area contributed by atoms with E-state index in [1.807, 2.05) is 0 Å². The highest BCUT2D eigenvalue weighted by molar-refractivity contribution is 5.75. The summed E-state index contributed by atoms with van der Waals surface area (Å²) in [5.74, 6) is 4.87. The van der Waals surface area contributed by atoms with Gasteiger partial charge < -0.3 is 4.74 Å². The van der Waals surface area contributed by atoms with E-state index in [9.17, 15) is 4.79 Å². The quantitative estimate of drug-likeness (QED) is 0.339. The number of ether oxygens (including phenoxy) is 1. The Morgan fingerprint density at radius 2 is 2.15 bits per heavy atom. The van der Waals surface area contributed by atoms with Crippen LogP contribution in [0.5, 0.6) is 0 Å². The lowest BCUT2D eigenvalue weighted by Crippen LogP contribution is -2.37. The van der Waals surface area contributed by atoms with Gasteiger partial charge in [0.25, 0.3) is 0 Å². The monoisotopic (exact) mass is 187 g/mol. The molecule has 1 heterocycles. The Labute approximate surface area is 78.2 Å². The Balaban J connectivity index is 2.01. The lowest BCUT2D eigenvalue weighted by molar-refractivity contribution is -0.121. The lowest BCUT2D eigenvalue weighted by Gasteiger charge is -2.26. The Morgan fingerprint density at radius 1 is 1.46 bits per heavy atom. The Kier molecular flexibility index (Phi) is 4.74. The maximum Gasteiger partial charge on any atom is 0.233 e. The number of rotatable bonds is 4. The van der Waals surface area contributed by atoms with Gasteiger partial charge in [0.15, 0.2) is 0 Å². The van der Waals surface area contributed by atoms with Crippen molar-refractivity contribution in [3.05, 3.63) is 0 Å². The summed E-state index contributed by atoms with van der Waals surface area (Å²) in [5, 5.41) is 0. The van der Waals surface area contributed by atoms with E-state index < -0.39 is 0 Å². The van der Waals surface area contributed by atoms with E-state index in [0.717, 1.165) is 39.3 Å². The summed E-state index contributed by atoms with van der Waals surface area (Å²) in [6.45, 7) is 4.53. The third kappa shape index (κ3) is 4.21. The summed E-state index contributed by atoms with van der Waals surface area (Å²) >= 11 is 0. The molecule has 3 N–H and O–H groups in total. The number of nitrogens with two attached hydrogens (primary N) is 1. The normalized spacial score (nSPS) is 18.5. The zero-order valence-corrected chi connectivity index (χ0v) is 7.79. The van der Waals surface area contributed by atoms with Crippen molar-refractivity contribution < 1.29 is 9.53 Å². The number of amides is 1. The fourth-order valence-corrected chi connectivity index (χ4v) is 1.36. The van der Waals surface area contributed by atoms with Gasteiger partial charge in [-0.25, -0.2) is 5.84 Å². The second-order valence-electron chi connectivity index (χ2n) is 3.13. The first-order chi connectivity index (χ1) is 6.33. The van der Waals surface area contributed by atoms with Crippen LogP contribution in [-0.2, 0) is 9.53 Å². The summed E-state index contributed by atoms with van der Waals surface area (Å²) in [6, 6.07) is 0. The SMILES string of the molecule is NNC(=O)CCCN1CCOCC1. The molecule has 0 aromatic heterocycles. The largest absolute Gasteiger partial charge is 0.379 e. The first-order valence-corrected chi connectivity index (χ1v) is 4.62. The van der Waals surface area contributed by atoms with E-state index in [1.54, 1.807) is 0 Å². The molecule has 1 aliphatic rings. The smallest absolute Gasteiger partial charge is 0.233 e. The predicted molar refractivity (Wildman–Crippen MR) is 48.8 cm³/mol. The Morgan fingerprint density at radius 3 is 2.77 bits per heavy atom. The van der Waals surface area contributed by atoms with E-state index in [0.29, 0.717) is 6.42 Å². The second kappa shape index (κ2) is 5.90. The first kappa shape index (κ1) is 10.4. The van der Waals surface area contributed by atoms with Crippen molar-refractivity contribution in [2.45, 2.75) is 12.8 Å². The molecule has 1 saturated heterocycles. The fraction of sp³-hybridized carbons (Fsp3) is 0.875. The van der Waals surface area contributed by atoms with Gasteiger partial charge in [-0.15, -0.1) is 0 Å². The molecule has 1 fully saturated rings. The average molecular weight is 187 g/mol. The molecule has 1 aliphatic heterocycles. The average Bonchev–Trinajstić information content (AvgIpc) is 2.19. The van der Waals surface area contributed by atoms with Gasteiger partial charge in [0, 0.05) is 19.5 Å². The minimum Gasteiger partial charge on any atom is -0.379 e. The third-order valence-electron chi connectivity index (χ3n) is 2.14. The third-order valence-corrected chi connectivity index (χ3v) is 2.14. The molecule has 5 nitrogen and oxygen atoms in total. The maximum absolute atomic E-state index is 10.8. The predicted octanol–water partition coefficient (Wildman–Crippen LogP) is -0.911. The molecule has 0 spiro atoms. The van der Waals surface area contributed by atoms with Crippen molar-refractivity contribution in [3.63, 3.8) is 0 Å². The van der Waals surface area contributed by atoms with Gasteiger partial charge in [-0.3, -0.25) is 15.1 Å². The van der Waals surface area contributed by atoms with Crippen molar-refractivity contribution >= 4 is 5.91 Å². The number of hydrogen-bond donors (Lipinski definition) is 2. The molecular weight excluding hydrogens is 170 g/mol. The van der Waals surface area contributed by atoms with Gasteiger partial charge in [-0.2, -0.15) is 0 Å². The summed E-state index contributed by atoms with van der Waals surface area (Å²) in [7, 11) is 0. The summed E-state index contributed by atoms with van der Waals surface area (Å²) in [4.78, 5) is 13.1. The highest BCUT2D eigenvalue weighted by Crippen LogP contribution is 1.99. The number of morpholine rings is 1. The number of carbonyl (C=O) groups excluding carboxylic acids is 1. The van der Waals surface area contributed by atoms with Crippen LogP contribution in [0.2, 0.25) is 0 Å². The van der Waals surface area contributed by atoms with Crippen LogP contribution in [0.4, 0.5) is 0 Å². The molecule has 1 amide bonds. The molecule has 0 unspecified atom stereocenters. The minimum atomic E-state index is -0.0896. The molecule has 0 saturated carbocycles. The standard InChI is InChI=1S/C8H17N3O2/c9-10-8(12)2-1-3-11-4-6-13-7-5-11/h1-7,9H2,(H,10,12). The molecule has 0 aromatic carbocycles. The first-order valence-electron chi connectivity index (χ1n) is 4.62. The van der Waals surface area contributed by atoms with Crippen molar-refractivity contribution in [1.82, 2.24) is 10.3 Å². The van der Waals surface area contributed by atoms with Gasteiger partial charge in [-0.05, 0) is 13.0 Å². The van der Waals surface area contributed by atoms with Crippen LogP contribution in [0, 0.1) is 0 Å². The van der Waals surface area contributed by atoms with Gasteiger partial charge in [-0.1, -0.05) is 0 Å². The van der Waals surface area contributed by atoms with Crippen molar-refractivity contribution in [2.24, 2.45) is 5.84 Å². The van der Waals surface area contributed by atoms with Crippen molar-refractivity contribution in [1.29, 1.82) is 0 Å². The second-order valence-corrected chi connectivity index (χ2v) is 3.13. The van der Waals surface area contributed by atoms with E-state index in [4.69, 9.17) is 10.6 Å². The van der Waals surface area contributed by atoms with Crippen LogP contribution in [0.15, 0.2) is 0 Å².